The zero-order valence-electron chi connectivity index (χ0n) is 20.0. The van der Waals surface area contributed by atoms with Gasteiger partial charge in [-0.15, -0.1) is 12.8 Å². The minimum absolute atomic E-state index is 0.132. The molecule has 2 heterocycles. The minimum Gasteiger partial charge on any atom is -0.398 e. The Morgan fingerprint density at radius 3 is 2.51 bits per heavy atom. The Morgan fingerprint density at radius 2 is 1.80 bits per heavy atom. The van der Waals surface area contributed by atoms with E-state index in [0.29, 0.717) is 18.7 Å². The van der Waals surface area contributed by atoms with Crippen LogP contribution in [0.4, 0.5) is 11.4 Å². The number of rotatable bonds is 3. The molecule has 2 amide bonds. The van der Waals surface area contributed by atoms with E-state index in [9.17, 15) is 9.59 Å². The molecule has 0 aromatic heterocycles. The molecule has 4 rings (SSSR count). The van der Waals surface area contributed by atoms with Gasteiger partial charge in [-0.1, -0.05) is 24.6 Å². The number of amides is 2. The van der Waals surface area contributed by atoms with Crippen LogP contribution in [0.1, 0.15) is 38.5 Å². The van der Waals surface area contributed by atoms with Crippen molar-refractivity contribution in [1.82, 2.24) is 15.1 Å². The molecule has 0 atom stereocenters. The molecule has 2 aliphatic rings. The average Bonchev–Trinajstić information content (AvgIpc) is 3.33. The van der Waals surface area contributed by atoms with Gasteiger partial charge in [0.25, 0.3) is 6.19 Å². The summed E-state index contributed by atoms with van der Waals surface area (Å²) in [7, 11) is 0. The number of fused-ring (bicyclic) bond motifs is 1. The van der Waals surface area contributed by atoms with Crippen LogP contribution in [0.25, 0.3) is 10.8 Å². The quantitative estimate of drug-likeness (QED) is 0.129. The summed E-state index contributed by atoms with van der Waals surface area (Å²) in [6.07, 6.45) is 15.7. The van der Waals surface area contributed by atoms with Gasteiger partial charge in [0.1, 0.15) is 0 Å². The molecule has 2 aromatic carbocycles. The molecule has 184 valence electrons. The number of likely N-dealkylation sites (tertiary alicyclic amines) is 2. The fourth-order valence-corrected chi connectivity index (χ4v) is 4.06. The number of hydrogen-bond donors (Lipinski definition) is 4. The van der Waals surface area contributed by atoms with Crippen molar-refractivity contribution in [2.45, 2.75) is 38.5 Å². The third-order valence-corrected chi connectivity index (χ3v) is 5.84. The molecule has 9 nitrogen and oxygen atoms in total. The van der Waals surface area contributed by atoms with Crippen LogP contribution in [0.2, 0.25) is 0 Å². The van der Waals surface area contributed by atoms with Crippen LogP contribution in [0, 0.1) is 24.3 Å². The van der Waals surface area contributed by atoms with E-state index in [4.69, 9.17) is 16.7 Å². The number of nitriles is 1. The first-order chi connectivity index (χ1) is 17.0. The van der Waals surface area contributed by atoms with E-state index in [1.165, 1.54) is 0 Å². The molecular weight excluding hydrogens is 442 g/mol. The number of guanidine groups is 1. The molecule has 6 N–H and O–H groups in total. The van der Waals surface area contributed by atoms with Gasteiger partial charge >= 0.3 is 5.96 Å². The maximum atomic E-state index is 11.9. The number of nitrogens with zero attached hydrogens (tertiary/aromatic N) is 3. The van der Waals surface area contributed by atoms with E-state index < -0.39 is 0 Å². The summed E-state index contributed by atoms with van der Waals surface area (Å²) in [4.78, 5) is 30.1. The first-order valence-electron chi connectivity index (χ1n) is 11.7. The molecule has 0 bridgehead atoms. The fourth-order valence-electron chi connectivity index (χ4n) is 4.06. The molecule has 0 radical (unpaired) electrons. The number of terminal acetylenes is 1. The summed E-state index contributed by atoms with van der Waals surface area (Å²) in [6, 6.07) is 11.4. The summed E-state index contributed by atoms with van der Waals surface area (Å²) >= 11 is 0. The van der Waals surface area contributed by atoms with E-state index in [1.54, 1.807) is 11.1 Å². The lowest BCUT2D eigenvalue weighted by atomic mass is 10.1. The van der Waals surface area contributed by atoms with Crippen LogP contribution in [-0.4, -0.2) is 53.8 Å². The molecule has 0 aliphatic carbocycles. The highest BCUT2D eigenvalue weighted by atomic mass is 16.2. The van der Waals surface area contributed by atoms with E-state index in [0.717, 1.165) is 68.2 Å². The lowest BCUT2D eigenvalue weighted by molar-refractivity contribution is -0.357. The monoisotopic (exact) mass is 476 g/mol. The Bertz CT molecular complexity index is 1100. The van der Waals surface area contributed by atoms with Gasteiger partial charge in [0.05, 0.1) is 12.2 Å². The van der Waals surface area contributed by atoms with Gasteiger partial charge in [0.2, 0.25) is 11.8 Å². The predicted molar refractivity (Wildman–Crippen MR) is 138 cm³/mol. The van der Waals surface area contributed by atoms with Gasteiger partial charge < -0.3 is 15.5 Å². The average molecular weight is 477 g/mol. The van der Waals surface area contributed by atoms with Crippen molar-refractivity contribution in [2.75, 3.05) is 31.9 Å². The Balaban J connectivity index is 0.000000231. The van der Waals surface area contributed by atoms with Gasteiger partial charge in [-0.3, -0.25) is 15.3 Å². The SMILES string of the molecule is C#C.N#CNC(N)=[NH+]c1ccc2cccc(N)c2c1.O=C(CN1CCCCCC1=O)N1CCCC1. The topological polar surface area (TPSA) is 142 Å². The molecule has 35 heavy (non-hydrogen) atoms. The van der Waals surface area contributed by atoms with Crippen molar-refractivity contribution in [3.63, 3.8) is 0 Å². The molecule has 9 heteroatoms. The highest BCUT2D eigenvalue weighted by Crippen LogP contribution is 2.22. The van der Waals surface area contributed by atoms with Crippen molar-refractivity contribution in [2.24, 2.45) is 5.73 Å². The summed E-state index contributed by atoms with van der Waals surface area (Å²) in [5.41, 5.74) is 12.9. The lowest BCUT2D eigenvalue weighted by Gasteiger charge is -2.23. The zero-order chi connectivity index (χ0) is 25.6. The normalized spacial score (nSPS) is 15.7. The number of anilines is 1. The van der Waals surface area contributed by atoms with Crippen molar-refractivity contribution in [1.29, 1.82) is 5.26 Å². The number of nitrogen functional groups attached to an aromatic ring is 1. The van der Waals surface area contributed by atoms with Crippen LogP contribution in [0.3, 0.4) is 0 Å². The second kappa shape index (κ2) is 14.1. The van der Waals surface area contributed by atoms with Gasteiger partial charge in [-0.25, -0.2) is 4.99 Å². The summed E-state index contributed by atoms with van der Waals surface area (Å²) in [6.45, 7) is 2.82. The molecule has 0 unspecified atom stereocenters. The second-order valence-corrected chi connectivity index (χ2v) is 8.27. The smallest absolute Gasteiger partial charge is 0.360 e. The number of nitrogens with two attached hydrogens (primary N) is 2. The van der Waals surface area contributed by atoms with Gasteiger partial charge in [0, 0.05) is 37.1 Å². The van der Waals surface area contributed by atoms with Crippen LogP contribution in [-0.2, 0) is 9.59 Å². The van der Waals surface area contributed by atoms with Crippen molar-refractivity contribution >= 4 is 39.9 Å². The lowest BCUT2D eigenvalue weighted by Crippen LogP contribution is -2.72. The summed E-state index contributed by atoms with van der Waals surface area (Å²) < 4.78 is 0. The standard InChI is InChI=1S/C12H11N5.C12H20N2O2.C2H2/c13-7-16-12(15)17-9-5-4-8-2-1-3-11(14)10(8)6-9;15-11-6-2-1-3-9-14(11)10-12(16)13-7-4-5-8-13;1-2/h1-6H,14H2,(H3,15,16,17);1-10H2;1-2H/p+1. The third kappa shape index (κ3) is 8.24. The number of carbonyl (C=O) groups excluding carboxylic acids is 2. The molecule has 0 saturated carbocycles. The van der Waals surface area contributed by atoms with Crippen LogP contribution in [0.5, 0.6) is 0 Å². The minimum atomic E-state index is 0.132. The number of benzene rings is 2. The van der Waals surface area contributed by atoms with Crippen molar-refractivity contribution < 1.29 is 14.6 Å². The molecule has 0 spiro atoms. The first kappa shape index (κ1) is 27.0. The molecule has 2 aliphatic heterocycles. The fraction of sp³-hybridized carbons (Fsp3) is 0.385. The highest BCUT2D eigenvalue weighted by Gasteiger charge is 2.23. The summed E-state index contributed by atoms with van der Waals surface area (Å²) in [5, 5.41) is 12.7. The van der Waals surface area contributed by atoms with Gasteiger partial charge in [0.15, 0.2) is 0 Å². The number of nitrogens with one attached hydrogen (secondary N) is 2. The van der Waals surface area contributed by atoms with Crippen LogP contribution in [0.15, 0.2) is 36.4 Å². The highest BCUT2D eigenvalue weighted by molar-refractivity contribution is 5.94. The third-order valence-electron chi connectivity index (χ3n) is 5.84. The number of carbonyl (C=O) groups is 2. The van der Waals surface area contributed by atoms with E-state index in [-0.39, 0.29) is 17.8 Å². The first-order valence-corrected chi connectivity index (χ1v) is 11.7. The Hall–Kier alpha value is -4.24. The largest absolute Gasteiger partial charge is 0.398 e. The number of hydrogen-bond acceptors (Lipinski definition) is 4. The Labute approximate surface area is 206 Å². The molecule has 2 fully saturated rings. The Morgan fingerprint density at radius 1 is 1.09 bits per heavy atom. The maximum Gasteiger partial charge on any atom is 0.360 e. The second-order valence-electron chi connectivity index (χ2n) is 8.27. The molecule has 2 saturated heterocycles. The van der Waals surface area contributed by atoms with Crippen LogP contribution >= 0.6 is 0 Å². The molecular formula is C26H34N7O2+. The van der Waals surface area contributed by atoms with Gasteiger partial charge in [-0.05, 0) is 49.3 Å². The van der Waals surface area contributed by atoms with Crippen molar-refractivity contribution in [3.05, 3.63) is 36.4 Å². The zero-order valence-corrected chi connectivity index (χ0v) is 20.0. The predicted octanol–water partition coefficient (Wildman–Crippen LogP) is 0.780. The van der Waals surface area contributed by atoms with Gasteiger partial charge in [-0.2, -0.15) is 10.6 Å². The molecule has 2 aromatic rings. The van der Waals surface area contributed by atoms with Crippen molar-refractivity contribution in [3.8, 4) is 19.0 Å². The Kier molecular flexibility index (Phi) is 10.9. The summed E-state index contributed by atoms with van der Waals surface area (Å²) in [5.74, 6) is 0.471. The van der Waals surface area contributed by atoms with E-state index in [1.807, 2.05) is 41.3 Å². The van der Waals surface area contributed by atoms with E-state index >= 15 is 0 Å². The van der Waals surface area contributed by atoms with Crippen LogP contribution < -0.4 is 21.8 Å². The van der Waals surface area contributed by atoms with E-state index in [2.05, 4.69) is 23.2 Å². The maximum absolute atomic E-state index is 11.9.